The van der Waals surface area contributed by atoms with Gasteiger partial charge in [-0.05, 0) is 19.4 Å². The van der Waals surface area contributed by atoms with Crippen molar-refractivity contribution in [2.75, 3.05) is 6.61 Å². The lowest BCUT2D eigenvalue weighted by molar-refractivity contribution is -0.112. The van der Waals surface area contributed by atoms with Gasteiger partial charge in [0.15, 0.2) is 0 Å². The number of hydrogen-bond acceptors (Lipinski definition) is 3. The standard InChI is InChI=1S/C10H14O3/c1-10(8-2-4-12-7-8)6-9(11)3-5-13-10/h2,4,7,9,11H,3,5-6H2,1H3. The van der Waals surface area contributed by atoms with Crippen molar-refractivity contribution in [3.8, 4) is 0 Å². The largest absolute Gasteiger partial charge is 0.472 e. The Morgan fingerprint density at radius 1 is 1.62 bits per heavy atom. The van der Waals surface area contributed by atoms with Crippen LogP contribution in [-0.4, -0.2) is 17.8 Å². The molecule has 2 rings (SSSR count). The molecule has 0 amide bonds. The molecule has 3 heteroatoms. The van der Waals surface area contributed by atoms with E-state index in [1.54, 1.807) is 12.5 Å². The molecule has 1 aliphatic heterocycles. The third-order valence-corrected chi connectivity index (χ3v) is 2.63. The number of rotatable bonds is 1. The van der Waals surface area contributed by atoms with E-state index in [0.717, 1.165) is 12.0 Å². The second-order valence-corrected chi connectivity index (χ2v) is 3.74. The van der Waals surface area contributed by atoms with Gasteiger partial charge in [-0.25, -0.2) is 0 Å². The average Bonchev–Trinajstić information content (AvgIpc) is 2.55. The third-order valence-electron chi connectivity index (χ3n) is 2.63. The SMILES string of the molecule is CC1(c2ccoc2)CC(O)CCO1. The minimum Gasteiger partial charge on any atom is -0.472 e. The van der Waals surface area contributed by atoms with Crippen molar-refractivity contribution in [2.24, 2.45) is 0 Å². The maximum Gasteiger partial charge on any atom is 0.0963 e. The molecule has 2 unspecified atom stereocenters. The Hall–Kier alpha value is -0.800. The zero-order valence-electron chi connectivity index (χ0n) is 7.69. The van der Waals surface area contributed by atoms with Crippen molar-refractivity contribution in [1.29, 1.82) is 0 Å². The van der Waals surface area contributed by atoms with Crippen LogP contribution in [-0.2, 0) is 10.3 Å². The van der Waals surface area contributed by atoms with Crippen molar-refractivity contribution < 1.29 is 14.3 Å². The Bertz CT molecular complexity index is 268. The van der Waals surface area contributed by atoms with Crippen molar-refractivity contribution in [1.82, 2.24) is 0 Å². The lowest BCUT2D eigenvalue weighted by Gasteiger charge is -2.35. The molecule has 0 radical (unpaired) electrons. The number of aliphatic hydroxyl groups excluding tert-OH is 1. The van der Waals surface area contributed by atoms with E-state index in [-0.39, 0.29) is 11.7 Å². The maximum atomic E-state index is 9.53. The highest BCUT2D eigenvalue weighted by Gasteiger charge is 2.34. The topological polar surface area (TPSA) is 42.6 Å². The molecule has 0 spiro atoms. The highest BCUT2D eigenvalue weighted by molar-refractivity contribution is 5.16. The smallest absolute Gasteiger partial charge is 0.0963 e. The van der Waals surface area contributed by atoms with E-state index < -0.39 is 0 Å². The summed E-state index contributed by atoms with van der Waals surface area (Å²) in [4.78, 5) is 0. The van der Waals surface area contributed by atoms with Crippen LogP contribution in [0.15, 0.2) is 23.0 Å². The quantitative estimate of drug-likeness (QED) is 0.718. The Kier molecular flexibility index (Phi) is 2.14. The summed E-state index contributed by atoms with van der Waals surface area (Å²) in [6.07, 6.45) is 4.43. The Morgan fingerprint density at radius 3 is 3.08 bits per heavy atom. The number of hydrogen-bond donors (Lipinski definition) is 1. The van der Waals surface area contributed by atoms with Gasteiger partial charge >= 0.3 is 0 Å². The van der Waals surface area contributed by atoms with Gasteiger partial charge in [-0.15, -0.1) is 0 Å². The molecule has 1 fully saturated rings. The van der Waals surface area contributed by atoms with Gasteiger partial charge in [0.05, 0.1) is 30.8 Å². The van der Waals surface area contributed by atoms with Crippen LogP contribution in [0, 0.1) is 0 Å². The molecule has 2 atom stereocenters. The number of aliphatic hydroxyl groups is 1. The summed E-state index contributed by atoms with van der Waals surface area (Å²) < 4.78 is 10.7. The molecule has 1 aromatic heterocycles. The van der Waals surface area contributed by atoms with Crippen LogP contribution in [0.2, 0.25) is 0 Å². The van der Waals surface area contributed by atoms with Gasteiger partial charge in [-0.3, -0.25) is 0 Å². The maximum absolute atomic E-state index is 9.53. The minimum atomic E-state index is -0.370. The molecule has 3 nitrogen and oxygen atoms in total. The van der Waals surface area contributed by atoms with Crippen LogP contribution in [0.1, 0.15) is 25.3 Å². The van der Waals surface area contributed by atoms with Crippen molar-refractivity contribution in [3.63, 3.8) is 0 Å². The van der Waals surface area contributed by atoms with Crippen molar-refractivity contribution >= 4 is 0 Å². The van der Waals surface area contributed by atoms with Crippen molar-refractivity contribution in [2.45, 2.75) is 31.5 Å². The van der Waals surface area contributed by atoms with Crippen LogP contribution in [0.4, 0.5) is 0 Å². The van der Waals surface area contributed by atoms with Crippen LogP contribution in [0.5, 0.6) is 0 Å². The van der Waals surface area contributed by atoms with Gasteiger partial charge in [-0.2, -0.15) is 0 Å². The molecule has 0 saturated carbocycles. The van der Waals surface area contributed by atoms with Crippen LogP contribution in [0.3, 0.4) is 0 Å². The highest BCUT2D eigenvalue weighted by Crippen LogP contribution is 2.34. The molecule has 1 aromatic rings. The van der Waals surface area contributed by atoms with Crippen LogP contribution >= 0.6 is 0 Å². The van der Waals surface area contributed by atoms with E-state index in [1.165, 1.54) is 0 Å². The second-order valence-electron chi connectivity index (χ2n) is 3.74. The molecule has 1 N–H and O–H groups in total. The molecular weight excluding hydrogens is 168 g/mol. The summed E-state index contributed by atoms with van der Waals surface area (Å²) in [5.74, 6) is 0. The normalized spacial score (nSPS) is 34.8. The van der Waals surface area contributed by atoms with Crippen molar-refractivity contribution in [3.05, 3.63) is 24.2 Å². The molecule has 0 aliphatic carbocycles. The summed E-state index contributed by atoms with van der Waals surface area (Å²) >= 11 is 0. The summed E-state index contributed by atoms with van der Waals surface area (Å²) in [6.45, 7) is 2.60. The first kappa shape index (κ1) is 8.78. The second kappa shape index (κ2) is 3.16. The van der Waals surface area contributed by atoms with Gasteiger partial charge in [0.1, 0.15) is 0 Å². The van der Waals surface area contributed by atoms with E-state index in [9.17, 15) is 5.11 Å². The van der Waals surface area contributed by atoms with Gasteiger partial charge < -0.3 is 14.3 Å². The molecule has 72 valence electrons. The molecular formula is C10H14O3. The monoisotopic (exact) mass is 182 g/mol. The van der Waals surface area contributed by atoms with Crippen LogP contribution < -0.4 is 0 Å². The first-order valence-corrected chi connectivity index (χ1v) is 4.55. The number of furan rings is 1. The van der Waals surface area contributed by atoms with E-state index in [2.05, 4.69) is 0 Å². The molecule has 2 heterocycles. The molecule has 13 heavy (non-hydrogen) atoms. The Labute approximate surface area is 77.3 Å². The highest BCUT2D eigenvalue weighted by atomic mass is 16.5. The zero-order valence-corrected chi connectivity index (χ0v) is 7.69. The molecule has 0 bridgehead atoms. The van der Waals surface area contributed by atoms with Gasteiger partial charge in [0.25, 0.3) is 0 Å². The zero-order chi connectivity index (χ0) is 9.31. The average molecular weight is 182 g/mol. The number of ether oxygens (including phenoxy) is 1. The van der Waals surface area contributed by atoms with Gasteiger partial charge in [0, 0.05) is 12.0 Å². The van der Waals surface area contributed by atoms with E-state index in [4.69, 9.17) is 9.15 Å². The fourth-order valence-corrected chi connectivity index (χ4v) is 1.80. The lowest BCUT2D eigenvalue weighted by atomic mass is 9.89. The first-order chi connectivity index (χ1) is 6.21. The van der Waals surface area contributed by atoms with E-state index >= 15 is 0 Å². The fraction of sp³-hybridized carbons (Fsp3) is 0.600. The Balaban J connectivity index is 2.20. The predicted molar refractivity (Wildman–Crippen MR) is 47.3 cm³/mol. The predicted octanol–water partition coefficient (Wildman–Crippen LogP) is 1.67. The molecule has 1 aliphatic rings. The Morgan fingerprint density at radius 2 is 2.46 bits per heavy atom. The van der Waals surface area contributed by atoms with Crippen LogP contribution in [0.25, 0.3) is 0 Å². The molecule has 1 saturated heterocycles. The lowest BCUT2D eigenvalue weighted by Crippen LogP contribution is -2.36. The third kappa shape index (κ3) is 1.62. The summed E-state index contributed by atoms with van der Waals surface area (Å²) in [5.41, 5.74) is 0.635. The van der Waals surface area contributed by atoms with E-state index in [1.807, 2.05) is 13.0 Å². The first-order valence-electron chi connectivity index (χ1n) is 4.55. The van der Waals surface area contributed by atoms with E-state index in [0.29, 0.717) is 13.0 Å². The molecule has 0 aromatic carbocycles. The van der Waals surface area contributed by atoms with Gasteiger partial charge in [0.2, 0.25) is 0 Å². The summed E-state index contributed by atoms with van der Waals surface area (Å²) in [6, 6.07) is 1.89. The van der Waals surface area contributed by atoms with Gasteiger partial charge in [-0.1, -0.05) is 0 Å². The summed E-state index contributed by atoms with van der Waals surface area (Å²) in [7, 11) is 0. The minimum absolute atomic E-state index is 0.256. The fourth-order valence-electron chi connectivity index (χ4n) is 1.80. The summed E-state index contributed by atoms with van der Waals surface area (Å²) in [5, 5.41) is 9.53.